The number of fused-ring (bicyclic) bond motifs is 1. The van der Waals surface area contributed by atoms with Gasteiger partial charge in [0.15, 0.2) is 0 Å². The molecule has 0 amide bonds. The number of aromatic hydroxyl groups is 1. The van der Waals surface area contributed by atoms with Crippen LogP contribution in [-0.2, 0) is 0 Å². The lowest BCUT2D eigenvalue weighted by molar-refractivity contribution is 0.475. The van der Waals surface area contributed by atoms with Crippen molar-refractivity contribution in [2.24, 2.45) is 4.99 Å². The maximum Gasteiger partial charge on any atom is 0.115 e. The van der Waals surface area contributed by atoms with E-state index in [9.17, 15) is 5.11 Å². The molecule has 1 aromatic heterocycles. The van der Waals surface area contributed by atoms with E-state index in [-0.39, 0.29) is 5.75 Å². The number of aromatic nitrogens is 1. The minimum Gasteiger partial charge on any atom is -0.508 e. The minimum atomic E-state index is 0.282. The monoisotopic (exact) mass is 316 g/mol. The van der Waals surface area contributed by atoms with Crippen LogP contribution >= 0.6 is 0 Å². The molecule has 0 spiro atoms. The molecule has 0 aliphatic heterocycles. The Kier molecular flexibility index (Phi) is 3.91. The highest BCUT2D eigenvalue weighted by atomic mass is 16.3. The highest BCUT2D eigenvalue weighted by Crippen LogP contribution is 2.27. The van der Waals surface area contributed by atoms with Crippen molar-refractivity contribution in [3.05, 3.63) is 71.9 Å². The molecular weight excluding hydrogens is 296 g/mol. The normalized spacial score (nSPS) is 15.5. The quantitative estimate of drug-likeness (QED) is 0.616. The Morgan fingerprint density at radius 3 is 2.67 bits per heavy atom. The lowest BCUT2D eigenvalue weighted by Gasteiger charge is -2.16. The van der Waals surface area contributed by atoms with Crippen LogP contribution in [0.1, 0.15) is 31.2 Å². The number of hydrogen-bond acceptors (Lipinski definition) is 2. The summed E-state index contributed by atoms with van der Waals surface area (Å²) >= 11 is 0. The molecule has 0 fully saturated rings. The maximum absolute atomic E-state index is 9.58. The third-order valence-electron chi connectivity index (χ3n) is 4.51. The number of phenolic OH excluding ortho intramolecular Hbond substituents is 1. The molecule has 1 aliphatic carbocycles. The zero-order chi connectivity index (χ0) is 16.4. The molecule has 2 N–H and O–H groups in total. The molecule has 3 nitrogen and oxygen atoms in total. The zero-order valence-electron chi connectivity index (χ0n) is 13.5. The fourth-order valence-electron chi connectivity index (χ4n) is 3.23. The van der Waals surface area contributed by atoms with Gasteiger partial charge in [0.2, 0.25) is 0 Å². The number of nitrogens with one attached hydrogen (secondary N) is 1. The highest BCUT2D eigenvalue weighted by molar-refractivity contribution is 6.14. The van der Waals surface area contributed by atoms with E-state index in [1.54, 1.807) is 12.1 Å². The molecule has 0 radical (unpaired) electrons. The van der Waals surface area contributed by atoms with Gasteiger partial charge in [-0.3, -0.25) is 0 Å². The van der Waals surface area contributed by atoms with E-state index in [4.69, 9.17) is 4.99 Å². The number of H-pyrrole nitrogens is 1. The standard InChI is InChI=1S/C21H20N2O/c24-19-9-6-16(7-10-19)21(15-4-2-1-3-5-15)23-18-8-11-20-17(14-18)12-13-22-20/h4,6-14,22,24H,1-3,5H2. The Hall–Kier alpha value is -2.81. The first-order valence-corrected chi connectivity index (χ1v) is 8.44. The van der Waals surface area contributed by atoms with E-state index in [0.29, 0.717) is 0 Å². The fraction of sp³-hybridized carbons (Fsp3) is 0.190. The van der Waals surface area contributed by atoms with Crippen molar-refractivity contribution in [1.29, 1.82) is 0 Å². The number of hydrogen-bond donors (Lipinski definition) is 2. The Morgan fingerprint density at radius 1 is 1.00 bits per heavy atom. The molecule has 0 unspecified atom stereocenters. The third-order valence-corrected chi connectivity index (χ3v) is 4.51. The summed E-state index contributed by atoms with van der Waals surface area (Å²) in [7, 11) is 0. The van der Waals surface area contributed by atoms with E-state index in [0.717, 1.165) is 35.3 Å². The summed E-state index contributed by atoms with van der Waals surface area (Å²) in [4.78, 5) is 8.18. The summed E-state index contributed by atoms with van der Waals surface area (Å²) in [5.41, 5.74) is 5.45. The van der Waals surface area contributed by atoms with Crippen LogP contribution in [0.3, 0.4) is 0 Å². The predicted molar refractivity (Wildman–Crippen MR) is 99.2 cm³/mol. The SMILES string of the molecule is Oc1ccc(C(=Nc2ccc3[nH]ccc3c2)C2=CCCCC2)cc1. The molecule has 1 aliphatic rings. The van der Waals surface area contributed by atoms with Crippen LogP contribution < -0.4 is 0 Å². The first kappa shape index (κ1) is 14.8. The average Bonchev–Trinajstić information content (AvgIpc) is 3.09. The molecular formula is C21H20N2O. The number of nitrogens with zero attached hydrogens (tertiary/aromatic N) is 1. The number of allylic oxidation sites excluding steroid dienone is 2. The van der Waals surface area contributed by atoms with Gasteiger partial charge >= 0.3 is 0 Å². The van der Waals surface area contributed by atoms with E-state index < -0.39 is 0 Å². The topological polar surface area (TPSA) is 48.4 Å². The number of benzene rings is 2. The van der Waals surface area contributed by atoms with Gasteiger partial charge in [0, 0.05) is 22.7 Å². The number of aliphatic imine (C=N–C) groups is 1. The molecule has 2 aromatic carbocycles. The van der Waals surface area contributed by atoms with Crippen molar-refractivity contribution in [3.8, 4) is 5.75 Å². The van der Waals surface area contributed by atoms with Crippen molar-refractivity contribution < 1.29 is 5.11 Å². The van der Waals surface area contributed by atoms with E-state index in [1.165, 1.54) is 23.8 Å². The molecule has 24 heavy (non-hydrogen) atoms. The fourth-order valence-corrected chi connectivity index (χ4v) is 3.23. The molecule has 0 bridgehead atoms. The van der Waals surface area contributed by atoms with Crippen LogP contribution in [0.5, 0.6) is 5.75 Å². The van der Waals surface area contributed by atoms with E-state index >= 15 is 0 Å². The highest BCUT2D eigenvalue weighted by Gasteiger charge is 2.13. The molecule has 3 aromatic rings. The van der Waals surface area contributed by atoms with Crippen LogP contribution in [0, 0.1) is 0 Å². The second kappa shape index (κ2) is 6.36. The third kappa shape index (κ3) is 2.98. The zero-order valence-corrected chi connectivity index (χ0v) is 13.5. The van der Waals surface area contributed by atoms with Gasteiger partial charge in [0.05, 0.1) is 11.4 Å². The number of aromatic amines is 1. The Morgan fingerprint density at radius 2 is 1.88 bits per heavy atom. The largest absolute Gasteiger partial charge is 0.508 e. The number of phenols is 1. The molecule has 0 saturated carbocycles. The molecule has 1 heterocycles. The summed E-state index contributed by atoms with van der Waals surface area (Å²) in [5.74, 6) is 0.282. The van der Waals surface area contributed by atoms with Gasteiger partial charge < -0.3 is 10.1 Å². The van der Waals surface area contributed by atoms with Crippen LogP contribution in [0.25, 0.3) is 10.9 Å². The van der Waals surface area contributed by atoms with Crippen LogP contribution in [0.15, 0.2) is 71.4 Å². The first-order chi connectivity index (χ1) is 11.8. The van der Waals surface area contributed by atoms with Gasteiger partial charge in [0.1, 0.15) is 5.75 Å². The summed E-state index contributed by atoms with van der Waals surface area (Å²) in [6.45, 7) is 0. The summed E-state index contributed by atoms with van der Waals surface area (Å²) in [6, 6.07) is 15.6. The van der Waals surface area contributed by atoms with Crippen molar-refractivity contribution in [1.82, 2.24) is 4.98 Å². The van der Waals surface area contributed by atoms with E-state index in [1.807, 2.05) is 24.4 Å². The lowest BCUT2D eigenvalue weighted by Crippen LogP contribution is -2.07. The van der Waals surface area contributed by atoms with Crippen LogP contribution in [-0.4, -0.2) is 15.8 Å². The second-order valence-corrected chi connectivity index (χ2v) is 6.23. The van der Waals surface area contributed by atoms with Crippen molar-refractivity contribution in [3.63, 3.8) is 0 Å². The van der Waals surface area contributed by atoms with Crippen molar-refractivity contribution >= 4 is 22.3 Å². The second-order valence-electron chi connectivity index (χ2n) is 6.23. The minimum absolute atomic E-state index is 0.282. The van der Waals surface area contributed by atoms with Crippen LogP contribution in [0.4, 0.5) is 5.69 Å². The van der Waals surface area contributed by atoms with Gasteiger partial charge in [-0.15, -0.1) is 0 Å². The molecule has 120 valence electrons. The lowest BCUT2D eigenvalue weighted by atomic mass is 9.92. The molecule has 4 rings (SSSR count). The molecule has 0 atom stereocenters. The van der Waals surface area contributed by atoms with Gasteiger partial charge in [-0.25, -0.2) is 4.99 Å². The Bertz CT molecular complexity index is 916. The van der Waals surface area contributed by atoms with Gasteiger partial charge in [-0.2, -0.15) is 0 Å². The summed E-state index contributed by atoms with van der Waals surface area (Å²) in [5, 5.41) is 10.7. The first-order valence-electron chi connectivity index (χ1n) is 8.44. The molecule has 0 saturated heterocycles. The smallest absolute Gasteiger partial charge is 0.115 e. The van der Waals surface area contributed by atoms with Crippen LogP contribution in [0.2, 0.25) is 0 Å². The Balaban J connectivity index is 1.81. The predicted octanol–water partition coefficient (Wildman–Crippen LogP) is 5.49. The maximum atomic E-state index is 9.58. The summed E-state index contributed by atoms with van der Waals surface area (Å²) < 4.78 is 0. The molecule has 3 heteroatoms. The van der Waals surface area contributed by atoms with E-state index in [2.05, 4.69) is 29.3 Å². The van der Waals surface area contributed by atoms with Gasteiger partial charge in [-0.1, -0.05) is 6.08 Å². The van der Waals surface area contributed by atoms with Crippen molar-refractivity contribution in [2.75, 3.05) is 0 Å². The average molecular weight is 316 g/mol. The van der Waals surface area contributed by atoms with Crippen molar-refractivity contribution in [2.45, 2.75) is 25.7 Å². The Labute approximate surface area is 141 Å². The number of rotatable bonds is 3. The summed E-state index contributed by atoms with van der Waals surface area (Å²) in [6.07, 6.45) is 8.89. The van der Waals surface area contributed by atoms with Gasteiger partial charge in [-0.05, 0) is 79.8 Å². The van der Waals surface area contributed by atoms with Gasteiger partial charge in [0.25, 0.3) is 0 Å².